The van der Waals surface area contributed by atoms with Crippen molar-refractivity contribution < 1.29 is 14.1 Å². The molecule has 1 aromatic heterocycles. The standard InChI is InChI=1S/C17H19N3O4/c1-12(16-6-3-9-24-16)19(14-7-8-14)17(21)18-11-13-4-2-5-15(10-13)20(22)23/h2-6,9-10,12,14H,7-8,11H2,1H3,(H,18,21)/t12-/m0/s1. The second-order valence-electron chi connectivity index (χ2n) is 5.92. The Morgan fingerprint density at radius 2 is 2.21 bits per heavy atom. The van der Waals surface area contributed by atoms with E-state index < -0.39 is 4.92 Å². The molecule has 0 radical (unpaired) electrons. The van der Waals surface area contributed by atoms with E-state index in [0.29, 0.717) is 5.56 Å². The Bertz CT molecular complexity index is 725. The van der Waals surface area contributed by atoms with Crippen molar-refractivity contribution in [1.82, 2.24) is 10.2 Å². The van der Waals surface area contributed by atoms with Gasteiger partial charge in [-0.3, -0.25) is 10.1 Å². The van der Waals surface area contributed by atoms with Gasteiger partial charge in [-0.1, -0.05) is 12.1 Å². The highest BCUT2D eigenvalue weighted by Crippen LogP contribution is 2.34. The van der Waals surface area contributed by atoms with Crippen LogP contribution in [0, 0.1) is 10.1 Å². The molecule has 0 bridgehead atoms. The van der Waals surface area contributed by atoms with E-state index in [1.165, 1.54) is 12.1 Å². The molecule has 3 rings (SSSR count). The molecule has 2 aromatic rings. The largest absolute Gasteiger partial charge is 0.467 e. The SMILES string of the molecule is C[C@@H](c1ccco1)N(C(=O)NCc1cccc([N+](=O)[O-])c1)C1CC1. The fraction of sp³-hybridized carbons (Fsp3) is 0.353. The number of non-ortho nitro benzene ring substituents is 1. The van der Waals surface area contributed by atoms with Crippen molar-refractivity contribution >= 4 is 11.7 Å². The number of furan rings is 1. The molecule has 1 N–H and O–H groups in total. The third kappa shape index (κ3) is 3.56. The van der Waals surface area contributed by atoms with Crippen molar-refractivity contribution in [3.8, 4) is 0 Å². The molecule has 1 atom stereocenters. The van der Waals surface area contributed by atoms with Gasteiger partial charge in [-0.2, -0.15) is 0 Å². The molecule has 1 aromatic carbocycles. The Hall–Kier alpha value is -2.83. The van der Waals surface area contributed by atoms with E-state index in [2.05, 4.69) is 5.32 Å². The lowest BCUT2D eigenvalue weighted by atomic mass is 10.2. The highest BCUT2D eigenvalue weighted by molar-refractivity contribution is 5.75. The molecule has 7 nitrogen and oxygen atoms in total. The van der Waals surface area contributed by atoms with Gasteiger partial charge < -0.3 is 14.6 Å². The highest BCUT2D eigenvalue weighted by atomic mass is 16.6. The van der Waals surface area contributed by atoms with Crippen LogP contribution in [0.15, 0.2) is 47.1 Å². The number of carbonyl (C=O) groups excluding carboxylic acids is 1. The summed E-state index contributed by atoms with van der Waals surface area (Å²) in [4.78, 5) is 24.8. The smallest absolute Gasteiger partial charge is 0.318 e. The van der Waals surface area contributed by atoms with Crippen molar-refractivity contribution in [2.45, 2.75) is 38.4 Å². The van der Waals surface area contributed by atoms with Gasteiger partial charge in [-0.15, -0.1) is 0 Å². The average Bonchev–Trinajstić information content (AvgIpc) is 3.25. The zero-order valence-corrected chi connectivity index (χ0v) is 13.3. The molecule has 0 spiro atoms. The molecule has 0 aliphatic heterocycles. The number of carbonyl (C=O) groups is 1. The van der Waals surface area contributed by atoms with E-state index in [4.69, 9.17) is 4.42 Å². The fourth-order valence-electron chi connectivity index (χ4n) is 2.73. The van der Waals surface area contributed by atoms with E-state index in [0.717, 1.165) is 18.6 Å². The Labute approximate surface area is 139 Å². The first kappa shape index (κ1) is 16.0. The highest BCUT2D eigenvalue weighted by Gasteiger charge is 2.37. The lowest BCUT2D eigenvalue weighted by Gasteiger charge is -2.28. The van der Waals surface area contributed by atoms with Crippen molar-refractivity contribution in [3.63, 3.8) is 0 Å². The minimum atomic E-state index is -0.444. The predicted molar refractivity (Wildman–Crippen MR) is 87.3 cm³/mol. The second-order valence-corrected chi connectivity index (χ2v) is 5.92. The van der Waals surface area contributed by atoms with Gasteiger partial charge >= 0.3 is 6.03 Å². The van der Waals surface area contributed by atoms with Crippen molar-refractivity contribution in [2.75, 3.05) is 0 Å². The van der Waals surface area contributed by atoms with E-state index in [1.54, 1.807) is 29.4 Å². The van der Waals surface area contributed by atoms with Gasteiger partial charge in [0.1, 0.15) is 5.76 Å². The van der Waals surface area contributed by atoms with Crippen molar-refractivity contribution in [2.24, 2.45) is 0 Å². The zero-order valence-electron chi connectivity index (χ0n) is 13.3. The Morgan fingerprint density at radius 3 is 2.83 bits per heavy atom. The van der Waals surface area contributed by atoms with Crippen molar-refractivity contribution in [1.29, 1.82) is 0 Å². The van der Waals surface area contributed by atoms with E-state index in [-0.39, 0.29) is 30.3 Å². The summed E-state index contributed by atoms with van der Waals surface area (Å²) < 4.78 is 5.41. The zero-order chi connectivity index (χ0) is 17.1. The van der Waals surface area contributed by atoms with Gasteiger partial charge in [-0.25, -0.2) is 4.79 Å². The Balaban J connectivity index is 1.66. The van der Waals surface area contributed by atoms with Crippen LogP contribution in [0.3, 0.4) is 0 Å². The number of nitro benzene ring substituents is 1. The summed E-state index contributed by atoms with van der Waals surface area (Å²) in [5.41, 5.74) is 0.712. The lowest BCUT2D eigenvalue weighted by Crippen LogP contribution is -2.42. The van der Waals surface area contributed by atoms with Crippen LogP contribution in [-0.2, 0) is 6.54 Å². The first-order chi connectivity index (χ1) is 11.6. The molecule has 2 amide bonds. The number of benzene rings is 1. The summed E-state index contributed by atoms with van der Waals surface area (Å²) >= 11 is 0. The summed E-state index contributed by atoms with van der Waals surface area (Å²) in [6.07, 6.45) is 3.56. The van der Waals surface area contributed by atoms with Gasteiger partial charge in [0.25, 0.3) is 5.69 Å². The van der Waals surface area contributed by atoms with Gasteiger partial charge in [0.2, 0.25) is 0 Å². The maximum Gasteiger partial charge on any atom is 0.318 e. The number of amides is 2. The Kier molecular flexibility index (Phi) is 4.50. The molecule has 1 aliphatic rings. The molecule has 0 saturated heterocycles. The van der Waals surface area contributed by atoms with Gasteiger partial charge in [0.15, 0.2) is 0 Å². The summed E-state index contributed by atoms with van der Waals surface area (Å²) in [7, 11) is 0. The van der Waals surface area contributed by atoms with Gasteiger partial charge in [0.05, 0.1) is 17.2 Å². The van der Waals surface area contributed by atoms with E-state index >= 15 is 0 Å². The number of urea groups is 1. The first-order valence-corrected chi connectivity index (χ1v) is 7.89. The van der Waals surface area contributed by atoms with Crippen LogP contribution in [-0.4, -0.2) is 21.9 Å². The minimum Gasteiger partial charge on any atom is -0.467 e. The number of rotatable bonds is 6. The monoisotopic (exact) mass is 329 g/mol. The molecule has 1 aliphatic carbocycles. The van der Waals surface area contributed by atoms with Crippen LogP contribution >= 0.6 is 0 Å². The van der Waals surface area contributed by atoms with Gasteiger partial charge in [0, 0.05) is 24.7 Å². The lowest BCUT2D eigenvalue weighted by molar-refractivity contribution is -0.384. The maximum atomic E-state index is 12.6. The average molecular weight is 329 g/mol. The predicted octanol–water partition coefficient (Wildman–Crippen LogP) is 3.62. The fourth-order valence-corrected chi connectivity index (χ4v) is 2.73. The quantitative estimate of drug-likeness (QED) is 0.647. The van der Waals surface area contributed by atoms with Crippen LogP contribution < -0.4 is 5.32 Å². The third-order valence-corrected chi connectivity index (χ3v) is 4.11. The molecule has 24 heavy (non-hydrogen) atoms. The van der Waals surface area contributed by atoms with E-state index in [9.17, 15) is 14.9 Å². The minimum absolute atomic E-state index is 0.0183. The summed E-state index contributed by atoms with van der Waals surface area (Å²) in [5, 5.41) is 13.7. The summed E-state index contributed by atoms with van der Waals surface area (Å²) in [6, 6.07) is 9.80. The topological polar surface area (TPSA) is 88.6 Å². The number of hydrogen-bond acceptors (Lipinski definition) is 4. The molecule has 1 heterocycles. The second kappa shape index (κ2) is 6.74. The molecular formula is C17H19N3O4. The third-order valence-electron chi connectivity index (χ3n) is 4.11. The molecule has 126 valence electrons. The number of hydrogen-bond donors (Lipinski definition) is 1. The van der Waals surface area contributed by atoms with Crippen molar-refractivity contribution in [3.05, 3.63) is 64.1 Å². The normalized spacial score (nSPS) is 14.9. The molecule has 1 saturated carbocycles. The number of nitrogens with one attached hydrogen (secondary N) is 1. The first-order valence-electron chi connectivity index (χ1n) is 7.89. The van der Waals surface area contributed by atoms with Crippen LogP contribution in [0.5, 0.6) is 0 Å². The molecule has 0 unspecified atom stereocenters. The number of nitro groups is 1. The van der Waals surface area contributed by atoms with Crippen LogP contribution in [0.1, 0.15) is 37.1 Å². The maximum absolute atomic E-state index is 12.6. The molecule has 1 fully saturated rings. The van der Waals surface area contributed by atoms with Gasteiger partial charge in [-0.05, 0) is 37.5 Å². The summed E-state index contributed by atoms with van der Waals surface area (Å²) in [5.74, 6) is 0.743. The van der Waals surface area contributed by atoms with E-state index in [1.807, 2.05) is 13.0 Å². The molecule has 7 heteroatoms. The van der Waals surface area contributed by atoms with Crippen LogP contribution in [0.2, 0.25) is 0 Å². The Morgan fingerprint density at radius 1 is 1.42 bits per heavy atom. The van der Waals surface area contributed by atoms with Crippen LogP contribution in [0.25, 0.3) is 0 Å². The number of nitrogens with zero attached hydrogens (tertiary/aromatic N) is 2. The molecular weight excluding hydrogens is 310 g/mol. The van der Waals surface area contributed by atoms with Crippen LogP contribution in [0.4, 0.5) is 10.5 Å². The summed E-state index contributed by atoms with van der Waals surface area (Å²) in [6.45, 7) is 2.18.